The highest BCUT2D eigenvalue weighted by molar-refractivity contribution is 6.39. The Labute approximate surface area is 250 Å². The van der Waals surface area contributed by atoms with Crippen LogP contribution < -0.4 is 16.0 Å². The molecule has 5 rings (SSSR count). The first-order chi connectivity index (χ1) is 20.3. The number of carbonyl (C=O) groups excluding carboxylic acids is 3. The highest BCUT2D eigenvalue weighted by Gasteiger charge is 2.31. The van der Waals surface area contributed by atoms with Crippen LogP contribution in [0.3, 0.4) is 0 Å². The lowest BCUT2D eigenvalue weighted by molar-refractivity contribution is -0.137. The highest BCUT2D eigenvalue weighted by Crippen LogP contribution is 2.43. The van der Waals surface area contributed by atoms with E-state index in [0.29, 0.717) is 17.6 Å². The SMILES string of the molecule is CC(C)(C)OC(=O)Nc1ncc(NC(=O)C(=O)NCc2ccc(C(F)(F)F)cn2)cc1C1CC1.[HH].[HH].c1ccc2c(c1)CCC2. The second kappa shape index (κ2) is 13.2. The van der Waals surface area contributed by atoms with Gasteiger partial charge in [-0.3, -0.25) is 19.9 Å². The molecule has 2 aliphatic rings. The Balaban J connectivity index is 0.000000544. The lowest BCUT2D eigenvalue weighted by Crippen LogP contribution is -2.35. The topological polar surface area (TPSA) is 122 Å². The van der Waals surface area contributed by atoms with Crippen molar-refractivity contribution in [1.82, 2.24) is 15.3 Å². The smallest absolute Gasteiger partial charge is 0.417 e. The van der Waals surface area contributed by atoms with Crippen molar-refractivity contribution in [3.63, 3.8) is 0 Å². The molecule has 12 heteroatoms. The summed E-state index contributed by atoms with van der Waals surface area (Å²) in [5, 5.41) is 7.32. The van der Waals surface area contributed by atoms with Crippen molar-refractivity contribution >= 4 is 29.4 Å². The summed E-state index contributed by atoms with van der Waals surface area (Å²) in [4.78, 5) is 44.2. The highest BCUT2D eigenvalue weighted by atomic mass is 19.4. The fourth-order valence-corrected chi connectivity index (χ4v) is 4.41. The van der Waals surface area contributed by atoms with Crippen molar-refractivity contribution in [3.05, 3.63) is 82.8 Å². The third-order valence-electron chi connectivity index (χ3n) is 6.61. The van der Waals surface area contributed by atoms with E-state index in [4.69, 9.17) is 4.74 Å². The minimum Gasteiger partial charge on any atom is -0.444 e. The van der Waals surface area contributed by atoms with Crippen LogP contribution in [-0.4, -0.2) is 33.5 Å². The Morgan fingerprint density at radius 1 is 0.930 bits per heavy atom. The predicted molar refractivity (Wildman–Crippen MR) is 158 cm³/mol. The van der Waals surface area contributed by atoms with Gasteiger partial charge >= 0.3 is 24.1 Å². The fraction of sp³-hybridized carbons (Fsp3) is 0.387. The molecule has 43 heavy (non-hydrogen) atoms. The van der Waals surface area contributed by atoms with Gasteiger partial charge in [0.1, 0.15) is 11.4 Å². The Hall–Kier alpha value is -4.48. The number of pyridine rings is 2. The number of fused-ring (bicyclic) bond motifs is 1. The number of benzene rings is 1. The summed E-state index contributed by atoms with van der Waals surface area (Å²) in [5.74, 6) is -1.50. The van der Waals surface area contributed by atoms with Gasteiger partial charge in [-0.05, 0) is 88.1 Å². The summed E-state index contributed by atoms with van der Waals surface area (Å²) < 4.78 is 43.0. The molecule has 9 nitrogen and oxygen atoms in total. The molecule has 0 atom stereocenters. The molecule has 0 aliphatic heterocycles. The summed E-state index contributed by atoms with van der Waals surface area (Å²) in [6.07, 6.45) is 2.52. The van der Waals surface area contributed by atoms with E-state index in [-0.39, 0.29) is 26.7 Å². The summed E-state index contributed by atoms with van der Waals surface area (Å²) in [7, 11) is 0. The summed E-state index contributed by atoms with van der Waals surface area (Å²) >= 11 is 0. The van der Waals surface area contributed by atoms with Crippen molar-refractivity contribution in [2.24, 2.45) is 0 Å². The standard InChI is InChI=1S/C22H24F3N5O4.C9H10.2H2/c1-21(2,3)34-20(33)30-17-16(12-4-5-12)8-15(11-27-17)29-19(32)18(31)28-10-14-7-6-13(9-26-14)22(23,24)25;1-2-5-9-7-3-6-8(9)4-1;;/h6-9,11-12H,4-5,10H2,1-3H3,(H,28,31)(H,29,32)(H,27,30,33);1-2,4-5H,3,6-7H2;2*1H. The molecule has 1 aromatic carbocycles. The van der Waals surface area contributed by atoms with E-state index in [1.807, 2.05) is 0 Å². The zero-order valence-corrected chi connectivity index (χ0v) is 24.2. The van der Waals surface area contributed by atoms with Gasteiger partial charge in [0.2, 0.25) is 0 Å². The molecule has 232 valence electrons. The molecule has 0 saturated heterocycles. The van der Waals surface area contributed by atoms with Crippen LogP contribution in [0.25, 0.3) is 0 Å². The van der Waals surface area contributed by atoms with Gasteiger partial charge in [0.05, 0.1) is 29.7 Å². The number of rotatable bonds is 5. The van der Waals surface area contributed by atoms with Crippen LogP contribution in [0.5, 0.6) is 0 Å². The molecular weight excluding hydrogens is 563 g/mol. The van der Waals surface area contributed by atoms with Crippen LogP contribution in [0.2, 0.25) is 0 Å². The molecule has 3 N–H and O–H groups in total. The molecule has 2 aromatic heterocycles. The number of nitrogens with zero attached hydrogens (tertiary/aromatic N) is 2. The second-order valence-electron chi connectivity index (χ2n) is 11.4. The van der Waals surface area contributed by atoms with Crippen molar-refractivity contribution < 1.29 is 35.1 Å². The summed E-state index contributed by atoms with van der Waals surface area (Å²) in [6, 6.07) is 12.3. The number of nitrogens with one attached hydrogen (secondary N) is 3. The monoisotopic (exact) mass is 601 g/mol. The van der Waals surface area contributed by atoms with Crippen molar-refractivity contribution in [1.29, 1.82) is 0 Å². The third-order valence-corrected chi connectivity index (χ3v) is 6.61. The van der Waals surface area contributed by atoms with Gasteiger partial charge in [-0.2, -0.15) is 13.2 Å². The Morgan fingerprint density at radius 3 is 2.16 bits per heavy atom. The molecule has 3 amide bonds. The average Bonchev–Trinajstić information content (AvgIpc) is 3.67. The number of anilines is 2. The average molecular weight is 602 g/mol. The van der Waals surface area contributed by atoms with Gasteiger partial charge in [0.15, 0.2) is 0 Å². The van der Waals surface area contributed by atoms with Crippen LogP contribution >= 0.6 is 0 Å². The van der Waals surface area contributed by atoms with Crippen LogP contribution in [0.1, 0.15) is 76.8 Å². The zero-order valence-electron chi connectivity index (χ0n) is 24.2. The van der Waals surface area contributed by atoms with E-state index >= 15 is 0 Å². The molecule has 1 fully saturated rings. The molecule has 2 heterocycles. The van der Waals surface area contributed by atoms with Crippen molar-refractivity contribution in [2.45, 2.75) is 77.1 Å². The van der Waals surface area contributed by atoms with E-state index in [1.54, 1.807) is 38.0 Å². The van der Waals surface area contributed by atoms with E-state index in [2.05, 4.69) is 50.2 Å². The molecule has 0 unspecified atom stereocenters. The molecule has 1 saturated carbocycles. The van der Waals surface area contributed by atoms with Gasteiger partial charge < -0.3 is 15.4 Å². The second-order valence-corrected chi connectivity index (χ2v) is 11.4. The normalized spacial score (nSPS) is 14.1. The molecular formula is C31H38F3N5O4. The zero-order chi connectivity index (χ0) is 31.2. The largest absolute Gasteiger partial charge is 0.444 e. The quantitative estimate of drug-likeness (QED) is 0.282. The number of hydrogen-bond donors (Lipinski definition) is 3. The Kier molecular flexibility index (Phi) is 9.67. The molecule has 0 spiro atoms. The summed E-state index contributed by atoms with van der Waals surface area (Å²) in [6.45, 7) is 4.98. The first-order valence-corrected chi connectivity index (χ1v) is 14.0. The lowest BCUT2D eigenvalue weighted by Gasteiger charge is -2.20. The molecule has 0 radical (unpaired) electrons. The predicted octanol–water partition coefficient (Wildman–Crippen LogP) is 6.64. The van der Waals surface area contributed by atoms with Gasteiger partial charge in [-0.15, -0.1) is 0 Å². The number of amides is 3. The van der Waals surface area contributed by atoms with Crippen molar-refractivity contribution in [3.8, 4) is 0 Å². The van der Waals surface area contributed by atoms with Gasteiger partial charge in [-0.1, -0.05) is 24.3 Å². The number of alkyl halides is 3. The van der Waals surface area contributed by atoms with Gasteiger partial charge in [0.25, 0.3) is 0 Å². The first kappa shape index (κ1) is 31.5. The number of ether oxygens (including phenoxy) is 1. The number of carbonyl (C=O) groups is 3. The van der Waals surface area contributed by atoms with Crippen LogP contribution in [0, 0.1) is 0 Å². The third kappa shape index (κ3) is 9.52. The Bertz CT molecular complexity index is 1450. The molecule has 2 aliphatic carbocycles. The first-order valence-electron chi connectivity index (χ1n) is 14.0. The van der Waals surface area contributed by atoms with E-state index in [9.17, 15) is 27.6 Å². The van der Waals surface area contributed by atoms with E-state index < -0.39 is 35.2 Å². The minimum absolute atomic E-state index is 0. The molecule has 3 aromatic rings. The number of aryl methyl sites for hydroxylation is 2. The van der Waals surface area contributed by atoms with Crippen LogP contribution in [0.4, 0.5) is 29.5 Å². The maximum atomic E-state index is 12.6. The Morgan fingerprint density at radius 2 is 1.60 bits per heavy atom. The van der Waals surface area contributed by atoms with Crippen LogP contribution in [-0.2, 0) is 39.9 Å². The van der Waals surface area contributed by atoms with Gasteiger partial charge in [-0.25, -0.2) is 9.78 Å². The summed E-state index contributed by atoms with van der Waals surface area (Å²) in [5.41, 5.74) is 2.66. The number of aromatic nitrogens is 2. The van der Waals surface area contributed by atoms with Crippen LogP contribution in [0.15, 0.2) is 54.9 Å². The van der Waals surface area contributed by atoms with Crippen molar-refractivity contribution in [2.75, 3.05) is 10.6 Å². The lowest BCUT2D eigenvalue weighted by atomic mass is 10.1. The fourth-order valence-electron chi connectivity index (χ4n) is 4.41. The van der Waals surface area contributed by atoms with E-state index in [0.717, 1.165) is 25.0 Å². The maximum absolute atomic E-state index is 12.6. The maximum Gasteiger partial charge on any atom is 0.417 e. The van der Waals surface area contributed by atoms with E-state index in [1.165, 1.54) is 25.5 Å². The molecule has 0 bridgehead atoms. The van der Waals surface area contributed by atoms with Gasteiger partial charge in [0, 0.05) is 14.6 Å². The number of halogens is 3. The minimum atomic E-state index is -4.51. The number of hydrogen-bond acceptors (Lipinski definition) is 6.